The maximum absolute atomic E-state index is 12.4. The first-order chi connectivity index (χ1) is 6.07. The molecule has 0 aromatic carbocycles. The van der Waals surface area contributed by atoms with Gasteiger partial charge >= 0.3 is 0 Å². The largest absolute Gasteiger partial charge is 0.296 e. The molecule has 1 aromatic rings. The fourth-order valence-electron chi connectivity index (χ4n) is 0.777. The lowest BCUT2D eigenvalue weighted by molar-refractivity contribution is 0.111. The molecule has 0 fully saturated rings. The summed E-state index contributed by atoms with van der Waals surface area (Å²) in [6.45, 7) is 0. The molecule has 0 saturated heterocycles. The molecule has 6 heteroatoms. The number of halogens is 4. The van der Waals surface area contributed by atoms with Gasteiger partial charge in [-0.15, -0.1) is 0 Å². The Kier molecular flexibility index (Phi) is 3.72. The molecule has 0 N–H and O–H groups in total. The Balaban J connectivity index is 3.38. The van der Waals surface area contributed by atoms with Gasteiger partial charge in [-0.3, -0.25) is 9.78 Å². The molecule has 1 heterocycles. The number of aldehydes is 1. The average molecular weight is 362 g/mol. The van der Waals surface area contributed by atoms with Gasteiger partial charge < -0.3 is 0 Å². The molecule has 0 spiro atoms. The highest BCUT2D eigenvalue weighted by molar-refractivity contribution is 14.1. The topological polar surface area (TPSA) is 30.0 Å². The van der Waals surface area contributed by atoms with E-state index >= 15 is 0 Å². The lowest BCUT2D eigenvalue weighted by Gasteiger charge is -2.06. The minimum Gasteiger partial charge on any atom is -0.296 e. The van der Waals surface area contributed by atoms with Crippen molar-refractivity contribution in [1.29, 1.82) is 0 Å². The standard InChI is InChI=1S/C7H3BrF2INO/c8-6-4(2-13)12-1-3(11)5(6)7(9)10/h1-2,7H. The second-order valence-electron chi connectivity index (χ2n) is 2.14. The Labute approximate surface area is 95.0 Å². The van der Waals surface area contributed by atoms with Gasteiger partial charge in [-0.25, -0.2) is 8.78 Å². The van der Waals surface area contributed by atoms with Gasteiger partial charge in [0.2, 0.25) is 0 Å². The summed E-state index contributed by atoms with van der Waals surface area (Å²) < 4.78 is 25.3. The molecular weight excluding hydrogens is 359 g/mol. The zero-order valence-electron chi connectivity index (χ0n) is 6.10. The predicted octanol–water partition coefficient (Wildman–Crippen LogP) is 3.20. The first-order valence-electron chi connectivity index (χ1n) is 3.15. The monoisotopic (exact) mass is 361 g/mol. The lowest BCUT2D eigenvalue weighted by Crippen LogP contribution is -1.98. The number of pyridine rings is 1. The van der Waals surface area contributed by atoms with Crippen LogP contribution in [0.2, 0.25) is 0 Å². The summed E-state index contributed by atoms with van der Waals surface area (Å²) in [5.41, 5.74) is -0.187. The van der Waals surface area contributed by atoms with E-state index in [2.05, 4.69) is 20.9 Å². The Morgan fingerprint density at radius 2 is 2.23 bits per heavy atom. The van der Waals surface area contributed by atoms with Crippen molar-refractivity contribution in [1.82, 2.24) is 4.98 Å². The lowest BCUT2D eigenvalue weighted by atomic mass is 10.2. The number of carbonyl (C=O) groups excluding carboxylic acids is 1. The van der Waals surface area contributed by atoms with E-state index in [1.165, 1.54) is 6.20 Å². The summed E-state index contributed by atoms with van der Waals surface area (Å²) in [7, 11) is 0. The molecule has 0 aliphatic carbocycles. The Morgan fingerprint density at radius 1 is 1.62 bits per heavy atom. The van der Waals surface area contributed by atoms with Crippen molar-refractivity contribution in [2.75, 3.05) is 0 Å². The molecule has 1 rings (SSSR count). The van der Waals surface area contributed by atoms with E-state index in [4.69, 9.17) is 0 Å². The third-order valence-electron chi connectivity index (χ3n) is 1.37. The molecule has 0 atom stereocenters. The first kappa shape index (κ1) is 11.0. The first-order valence-corrected chi connectivity index (χ1v) is 5.02. The quantitative estimate of drug-likeness (QED) is 0.598. The highest BCUT2D eigenvalue weighted by Crippen LogP contribution is 2.32. The SMILES string of the molecule is O=Cc1ncc(I)c(C(F)F)c1Br. The van der Waals surface area contributed by atoms with Gasteiger partial charge in [-0.05, 0) is 38.5 Å². The van der Waals surface area contributed by atoms with Crippen molar-refractivity contribution in [2.24, 2.45) is 0 Å². The van der Waals surface area contributed by atoms with Crippen molar-refractivity contribution in [3.63, 3.8) is 0 Å². The molecule has 0 aliphatic rings. The van der Waals surface area contributed by atoms with Crippen molar-refractivity contribution in [3.05, 3.63) is 25.5 Å². The third kappa shape index (κ3) is 2.22. The van der Waals surface area contributed by atoms with Crippen molar-refractivity contribution in [2.45, 2.75) is 6.43 Å². The van der Waals surface area contributed by atoms with Crippen molar-refractivity contribution in [3.8, 4) is 0 Å². The van der Waals surface area contributed by atoms with Crippen LogP contribution in [-0.2, 0) is 0 Å². The fraction of sp³-hybridized carbons (Fsp3) is 0.143. The van der Waals surface area contributed by atoms with E-state index in [0.717, 1.165) is 0 Å². The van der Waals surface area contributed by atoms with Crippen LogP contribution < -0.4 is 0 Å². The fourth-order valence-corrected chi connectivity index (χ4v) is 2.37. The van der Waals surface area contributed by atoms with Crippen LogP contribution in [0.5, 0.6) is 0 Å². The van der Waals surface area contributed by atoms with Gasteiger partial charge in [0.25, 0.3) is 6.43 Å². The number of aromatic nitrogens is 1. The van der Waals surface area contributed by atoms with Gasteiger partial charge in [0.05, 0.1) is 4.47 Å². The number of hydrogen-bond donors (Lipinski definition) is 0. The highest BCUT2D eigenvalue weighted by atomic mass is 127. The maximum atomic E-state index is 12.4. The molecule has 0 saturated carbocycles. The van der Waals surface area contributed by atoms with E-state index in [9.17, 15) is 13.6 Å². The Bertz CT molecular complexity index is 346. The molecule has 13 heavy (non-hydrogen) atoms. The minimum absolute atomic E-state index is 0.00397. The van der Waals surface area contributed by atoms with Gasteiger partial charge in [-0.1, -0.05) is 0 Å². The second kappa shape index (κ2) is 4.41. The molecular formula is C7H3BrF2INO. The zero-order valence-corrected chi connectivity index (χ0v) is 9.84. The normalized spacial score (nSPS) is 10.5. The third-order valence-corrected chi connectivity index (χ3v) is 3.06. The molecule has 0 radical (unpaired) electrons. The Morgan fingerprint density at radius 3 is 2.69 bits per heavy atom. The van der Waals surface area contributed by atoms with Gasteiger partial charge in [-0.2, -0.15) is 0 Å². The van der Waals surface area contributed by atoms with Crippen LogP contribution in [0.25, 0.3) is 0 Å². The number of hydrogen-bond acceptors (Lipinski definition) is 2. The summed E-state index contributed by atoms with van der Waals surface area (Å²) in [6, 6.07) is 0. The molecule has 70 valence electrons. The number of alkyl halides is 2. The molecule has 2 nitrogen and oxygen atoms in total. The van der Waals surface area contributed by atoms with Crippen LogP contribution in [0.3, 0.4) is 0 Å². The van der Waals surface area contributed by atoms with Crippen LogP contribution in [0.4, 0.5) is 8.78 Å². The highest BCUT2D eigenvalue weighted by Gasteiger charge is 2.18. The summed E-state index contributed by atoms with van der Waals surface area (Å²) in [6.07, 6.45) is -0.925. The summed E-state index contributed by atoms with van der Waals surface area (Å²) in [4.78, 5) is 14.1. The summed E-state index contributed by atoms with van der Waals surface area (Å²) >= 11 is 4.66. The van der Waals surface area contributed by atoms with Crippen LogP contribution >= 0.6 is 38.5 Å². The molecule has 0 amide bonds. The van der Waals surface area contributed by atoms with Crippen molar-refractivity contribution >= 4 is 44.8 Å². The van der Waals surface area contributed by atoms with Crippen LogP contribution in [0.15, 0.2) is 10.7 Å². The molecule has 0 unspecified atom stereocenters. The summed E-state index contributed by atoms with van der Waals surface area (Å²) in [5, 5.41) is 0. The van der Waals surface area contributed by atoms with E-state index in [1.54, 1.807) is 22.6 Å². The molecule has 1 aromatic heterocycles. The maximum Gasteiger partial charge on any atom is 0.266 e. The molecule has 0 aliphatic heterocycles. The van der Waals surface area contributed by atoms with Crippen molar-refractivity contribution < 1.29 is 13.6 Å². The second-order valence-corrected chi connectivity index (χ2v) is 4.09. The number of nitrogens with zero attached hydrogens (tertiary/aromatic N) is 1. The number of carbonyl (C=O) groups is 1. The number of rotatable bonds is 2. The van der Waals surface area contributed by atoms with E-state index in [0.29, 0.717) is 9.86 Å². The Hall–Kier alpha value is -0.110. The summed E-state index contributed by atoms with van der Waals surface area (Å²) in [5.74, 6) is 0. The van der Waals surface area contributed by atoms with E-state index < -0.39 is 6.43 Å². The molecule has 0 bridgehead atoms. The van der Waals surface area contributed by atoms with Gasteiger partial charge in [0.1, 0.15) is 5.69 Å². The van der Waals surface area contributed by atoms with Crippen LogP contribution in [0, 0.1) is 3.57 Å². The smallest absolute Gasteiger partial charge is 0.266 e. The average Bonchev–Trinajstić information content (AvgIpc) is 2.04. The van der Waals surface area contributed by atoms with Gasteiger partial charge in [0.15, 0.2) is 6.29 Å². The van der Waals surface area contributed by atoms with Crippen LogP contribution in [0.1, 0.15) is 22.5 Å². The van der Waals surface area contributed by atoms with E-state index in [-0.39, 0.29) is 15.7 Å². The van der Waals surface area contributed by atoms with E-state index in [1.807, 2.05) is 0 Å². The van der Waals surface area contributed by atoms with Crippen LogP contribution in [-0.4, -0.2) is 11.3 Å². The predicted molar refractivity (Wildman–Crippen MR) is 55.0 cm³/mol. The minimum atomic E-state index is -2.61. The zero-order chi connectivity index (χ0) is 10.0. The van der Waals surface area contributed by atoms with Gasteiger partial charge in [0, 0.05) is 15.3 Å².